The Hall–Kier alpha value is -2.72. The first-order chi connectivity index (χ1) is 11.9. The summed E-state index contributed by atoms with van der Waals surface area (Å²) in [5.41, 5.74) is 5.87. The SMILES string of the molecule is c1ccc(CN2CCNc3cc(-c4ccncc4)ncc3C2)cc1. The van der Waals surface area contributed by atoms with Gasteiger partial charge in [0.2, 0.25) is 0 Å². The molecule has 4 heteroatoms. The van der Waals surface area contributed by atoms with E-state index in [9.17, 15) is 0 Å². The standard InChI is InChI=1S/C20H20N4/c1-2-4-16(5-3-1)14-24-11-10-22-20-12-19(23-13-18(20)15-24)17-6-8-21-9-7-17/h1-9,12-13,22H,10-11,14-15H2. The lowest BCUT2D eigenvalue weighted by atomic mass is 10.1. The van der Waals surface area contributed by atoms with Crippen LogP contribution in [0.2, 0.25) is 0 Å². The van der Waals surface area contributed by atoms with Crippen molar-refractivity contribution >= 4 is 5.69 Å². The van der Waals surface area contributed by atoms with Gasteiger partial charge in [-0.1, -0.05) is 30.3 Å². The van der Waals surface area contributed by atoms with Gasteiger partial charge in [0.15, 0.2) is 0 Å². The van der Waals surface area contributed by atoms with Gasteiger partial charge in [-0.3, -0.25) is 14.9 Å². The molecule has 1 aliphatic rings. The van der Waals surface area contributed by atoms with Gasteiger partial charge in [0.25, 0.3) is 0 Å². The third-order valence-corrected chi connectivity index (χ3v) is 4.35. The van der Waals surface area contributed by atoms with Crippen LogP contribution in [0.4, 0.5) is 5.69 Å². The van der Waals surface area contributed by atoms with Crippen LogP contribution in [0.3, 0.4) is 0 Å². The molecule has 0 atom stereocenters. The predicted octanol–water partition coefficient (Wildman–Crippen LogP) is 3.57. The first-order valence-corrected chi connectivity index (χ1v) is 8.28. The van der Waals surface area contributed by atoms with Gasteiger partial charge in [-0.15, -0.1) is 0 Å². The molecule has 0 aliphatic carbocycles. The molecule has 0 saturated carbocycles. The number of nitrogens with one attached hydrogen (secondary N) is 1. The summed E-state index contributed by atoms with van der Waals surface area (Å²) in [7, 11) is 0. The van der Waals surface area contributed by atoms with Gasteiger partial charge in [-0.2, -0.15) is 0 Å². The summed E-state index contributed by atoms with van der Waals surface area (Å²) in [5, 5.41) is 3.55. The molecule has 24 heavy (non-hydrogen) atoms. The lowest BCUT2D eigenvalue weighted by Crippen LogP contribution is -2.25. The van der Waals surface area contributed by atoms with E-state index in [0.717, 1.165) is 37.4 Å². The van der Waals surface area contributed by atoms with Gasteiger partial charge < -0.3 is 5.32 Å². The summed E-state index contributed by atoms with van der Waals surface area (Å²) in [6.07, 6.45) is 5.61. The summed E-state index contributed by atoms with van der Waals surface area (Å²) in [5.74, 6) is 0. The molecule has 0 amide bonds. The maximum atomic E-state index is 4.65. The number of hydrogen-bond acceptors (Lipinski definition) is 4. The molecule has 1 aromatic carbocycles. The van der Waals surface area contributed by atoms with Crippen molar-refractivity contribution in [3.63, 3.8) is 0 Å². The third-order valence-electron chi connectivity index (χ3n) is 4.35. The lowest BCUT2D eigenvalue weighted by Gasteiger charge is -2.19. The van der Waals surface area contributed by atoms with E-state index in [-0.39, 0.29) is 0 Å². The molecule has 0 bridgehead atoms. The maximum absolute atomic E-state index is 4.65. The normalized spacial score (nSPS) is 14.5. The Balaban J connectivity index is 1.56. The van der Waals surface area contributed by atoms with Crippen molar-refractivity contribution in [3.05, 3.63) is 78.2 Å². The molecule has 4 rings (SSSR count). The molecule has 0 saturated heterocycles. The minimum absolute atomic E-state index is 0.918. The molecule has 3 aromatic rings. The van der Waals surface area contributed by atoms with E-state index in [1.54, 1.807) is 12.4 Å². The quantitative estimate of drug-likeness (QED) is 0.802. The highest BCUT2D eigenvalue weighted by molar-refractivity contribution is 5.65. The molecule has 3 heterocycles. The number of pyridine rings is 2. The van der Waals surface area contributed by atoms with Gasteiger partial charge in [0, 0.05) is 61.6 Å². The fraction of sp³-hybridized carbons (Fsp3) is 0.200. The number of hydrogen-bond donors (Lipinski definition) is 1. The maximum Gasteiger partial charge on any atom is 0.0723 e. The van der Waals surface area contributed by atoms with E-state index >= 15 is 0 Å². The van der Waals surface area contributed by atoms with Crippen molar-refractivity contribution in [1.29, 1.82) is 0 Å². The smallest absolute Gasteiger partial charge is 0.0723 e. The largest absolute Gasteiger partial charge is 0.383 e. The van der Waals surface area contributed by atoms with Gasteiger partial charge in [-0.05, 0) is 23.8 Å². The molecule has 0 radical (unpaired) electrons. The fourth-order valence-corrected chi connectivity index (χ4v) is 3.10. The van der Waals surface area contributed by atoms with Crippen LogP contribution in [0.15, 0.2) is 67.1 Å². The molecular weight excluding hydrogens is 296 g/mol. The van der Waals surface area contributed by atoms with Crippen LogP contribution in [-0.4, -0.2) is 28.0 Å². The second kappa shape index (κ2) is 6.81. The summed E-state index contributed by atoms with van der Waals surface area (Å²) in [6, 6.07) is 16.8. The van der Waals surface area contributed by atoms with E-state index in [0.29, 0.717) is 0 Å². The van der Waals surface area contributed by atoms with Crippen LogP contribution in [0, 0.1) is 0 Å². The number of nitrogens with zero attached hydrogens (tertiary/aromatic N) is 3. The van der Waals surface area contributed by atoms with Crippen LogP contribution < -0.4 is 5.32 Å². The zero-order chi connectivity index (χ0) is 16.2. The van der Waals surface area contributed by atoms with Crippen LogP contribution in [-0.2, 0) is 13.1 Å². The predicted molar refractivity (Wildman–Crippen MR) is 96.5 cm³/mol. The molecule has 120 valence electrons. The molecule has 0 spiro atoms. The molecule has 0 unspecified atom stereocenters. The number of rotatable bonds is 3. The first-order valence-electron chi connectivity index (χ1n) is 8.28. The highest BCUT2D eigenvalue weighted by atomic mass is 15.2. The summed E-state index contributed by atoms with van der Waals surface area (Å²) in [4.78, 5) is 11.2. The zero-order valence-electron chi connectivity index (χ0n) is 13.5. The van der Waals surface area contributed by atoms with Crippen molar-refractivity contribution in [2.24, 2.45) is 0 Å². The number of fused-ring (bicyclic) bond motifs is 1. The minimum Gasteiger partial charge on any atom is -0.383 e. The van der Waals surface area contributed by atoms with Crippen molar-refractivity contribution in [1.82, 2.24) is 14.9 Å². The Kier molecular flexibility index (Phi) is 4.21. The van der Waals surface area contributed by atoms with Gasteiger partial charge in [-0.25, -0.2) is 0 Å². The van der Waals surface area contributed by atoms with Gasteiger partial charge >= 0.3 is 0 Å². The highest BCUT2D eigenvalue weighted by Crippen LogP contribution is 2.26. The number of benzene rings is 1. The third kappa shape index (κ3) is 3.29. The molecule has 1 aliphatic heterocycles. The monoisotopic (exact) mass is 316 g/mol. The van der Waals surface area contributed by atoms with E-state index in [2.05, 4.69) is 56.6 Å². The first kappa shape index (κ1) is 14.8. The molecule has 1 N–H and O–H groups in total. The Morgan fingerprint density at radius 3 is 2.71 bits per heavy atom. The van der Waals surface area contributed by atoms with E-state index in [1.165, 1.54) is 16.8 Å². The van der Waals surface area contributed by atoms with E-state index < -0.39 is 0 Å². The van der Waals surface area contributed by atoms with Crippen molar-refractivity contribution in [3.8, 4) is 11.3 Å². The fourth-order valence-electron chi connectivity index (χ4n) is 3.10. The molecule has 0 fully saturated rings. The Morgan fingerprint density at radius 1 is 1.04 bits per heavy atom. The topological polar surface area (TPSA) is 41.0 Å². The Morgan fingerprint density at radius 2 is 1.88 bits per heavy atom. The van der Waals surface area contributed by atoms with Crippen LogP contribution in [0.1, 0.15) is 11.1 Å². The zero-order valence-corrected chi connectivity index (χ0v) is 13.5. The Labute approximate surface area is 142 Å². The Bertz CT molecular complexity index is 802. The summed E-state index contributed by atoms with van der Waals surface area (Å²) >= 11 is 0. The van der Waals surface area contributed by atoms with Gasteiger partial charge in [0.1, 0.15) is 0 Å². The second-order valence-corrected chi connectivity index (χ2v) is 6.09. The van der Waals surface area contributed by atoms with Crippen molar-refractivity contribution in [2.75, 3.05) is 18.4 Å². The summed E-state index contributed by atoms with van der Waals surface area (Å²) in [6.45, 7) is 3.85. The van der Waals surface area contributed by atoms with Crippen molar-refractivity contribution in [2.45, 2.75) is 13.1 Å². The van der Waals surface area contributed by atoms with Crippen LogP contribution in [0.5, 0.6) is 0 Å². The summed E-state index contributed by atoms with van der Waals surface area (Å²) < 4.78 is 0. The van der Waals surface area contributed by atoms with E-state index in [1.807, 2.05) is 18.3 Å². The van der Waals surface area contributed by atoms with Crippen molar-refractivity contribution < 1.29 is 0 Å². The lowest BCUT2D eigenvalue weighted by molar-refractivity contribution is 0.271. The van der Waals surface area contributed by atoms with Crippen LogP contribution in [0.25, 0.3) is 11.3 Å². The average molecular weight is 316 g/mol. The second-order valence-electron chi connectivity index (χ2n) is 6.09. The number of anilines is 1. The van der Waals surface area contributed by atoms with E-state index in [4.69, 9.17) is 0 Å². The molecule has 2 aromatic heterocycles. The number of aromatic nitrogens is 2. The molecule has 4 nitrogen and oxygen atoms in total. The molecular formula is C20H20N4. The highest BCUT2D eigenvalue weighted by Gasteiger charge is 2.15. The van der Waals surface area contributed by atoms with Crippen LogP contribution >= 0.6 is 0 Å². The average Bonchev–Trinajstić information content (AvgIpc) is 2.84. The minimum atomic E-state index is 0.918. The van der Waals surface area contributed by atoms with Gasteiger partial charge in [0.05, 0.1) is 5.69 Å².